The van der Waals surface area contributed by atoms with Crippen LogP contribution in [0.25, 0.3) is 0 Å². The molecule has 0 fully saturated rings. The van der Waals surface area contributed by atoms with Crippen LogP contribution < -0.4 is 0 Å². The summed E-state index contributed by atoms with van der Waals surface area (Å²) >= 11 is 0. The van der Waals surface area contributed by atoms with Crippen molar-refractivity contribution < 1.29 is 9.53 Å². The van der Waals surface area contributed by atoms with Gasteiger partial charge in [0, 0.05) is 0 Å². The summed E-state index contributed by atoms with van der Waals surface area (Å²) in [4.78, 5) is 14.4. The Morgan fingerprint density at radius 3 is 1.64 bits per heavy atom. The van der Waals surface area contributed by atoms with E-state index in [2.05, 4.69) is 32.6 Å². The Balaban J connectivity index is 4.01. The Morgan fingerprint density at radius 2 is 1.20 bits per heavy atom. The Labute approximate surface area is 157 Å². The van der Waals surface area contributed by atoms with Crippen LogP contribution in [0.3, 0.4) is 0 Å². The van der Waals surface area contributed by atoms with Crippen LogP contribution >= 0.6 is 0 Å². The molecule has 0 bridgehead atoms. The normalized spacial score (nSPS) is 11.4. The molecule has 0 unspecified atom stereocenters. The first-order valence-electron chi connectivity index (χ1n) is 11.0. The van der Waals surface area contributed by atoms with Crippen LogP contribution in [0.15, 0.2) is 0 Å². The maximum atomic E-state index is 12.0. The lowest BCUT2D eigenvalue weighted by Gasteiger charge is -2.21. The Bertz CT molecular complexity index is 276. The summed E-state index contributed by atoms with van der Waals surface area (Å²) in [5.41, 5.74) is 0. The minimum Gasteiger partial charge on any atom is -0.464 e. The topological polar surface area (TPSA) is 29.5 Å². The van der Waals surface area contributed by atoms with Crippen LogP contribution in [-0.2, 0) is 9.53 Å². The van der Waals surface area contributed by atoms with Gasteiger partial charge in [-0.25, -0.2) is 0 Å². The van der Waals surface area contributed by atoms with Crippen molar-refractivity contribution in [2.24, 2.45) is 5.92 Å². The van der Waals surface area contributed by atoms with Gasteiger partial charge in [-0.15, -0.1) is 0 Å². The van der Waals surface area contributed by atoms with Gasteiger partial charge in [0.2, 0.25) is 0 Å². The van der Waals surface area contributed by atoms with E-state index >= 15 is 0 Å². The maximum absolute atomic E-state index is 12.0. The second-order valence-corrected chi connectivity index (χ2v) is 7.89. The van der Waals surface area contributed by atoms with E-state index < -0.39 is 0 Å². The molecule has 0 rings (SSSR count). The second kappa shape index (κ2) is 18.2. The molecule has 25 heavy (non-hydrogen) atoms. The molecule has 0 aromatic carbocycles. The molecule has 0 spiro atoms. The van der Waals surface area contributed by atoms with Gasteiger partial charge in [0.15, 0.2) is 0 Å². The van der Waals surface area contributed by atoms with Gasteiger partial charge < -0.3 is 4.74 Å². The molecule has 0 radical (unpaired) electrons. The summed E-state index contributed by atoms with van der Waals surface area (Å²) in [5, 5.41) is 0. The quantitative estimate of drug-likeness (QED) is 0.216. The third-order valence-corrected chi connectivity index (χ3v) is 4.59. The Hall–Kier alpha value is -0.570. The third-order valence-electron chi connectivity index (χ3n) is 4.59. The molecule has 3 heteroatoms. The Kier molecular flexibility index (Phi) is 17.8. The van der Waals surface area contributed by atoms with Gasteiger partial charge >= 0.3 is 5.97 Å². The summed E-state index contributed by atoms with van der Waals surface area (Å²) in [7, 11) is 0. The number of ether oxygens (including phenoxy) is 1. The summed E-state index contributed by atoms with van der Waals surface area (Å²) in [6, 6.07) is 0. The number of hydrogen-bond donors (Lipinski definition) is 0. The number of hydrogen-bond acceptors (Lipinski definition) is 3. The van der Waals surface area contributed by atoms with Crippen LogP contribution in [0.5, 0.6) is 0 Å². The van der Waals surface area contributed by atoms with E-state index in [4.69, 9.17) is 4.74 Å². The fourth-order valence-electron chi connectivity index (χ4n) is 2.99. The average molecular weight is 356 g/mol. The fraction of sp³-hybridized carbons (Fsp3) is 0.955. The molecule has 0 saturated carbocycles. The molecule has 0 aliphatic rings. The standard InChI is InChI=1S/C22H45NO2/c1-5-7-9-11-13-15-17-23(18-16-14-12-10-8-6-2)19-22(24)25-20-21(3)4/h21H,5-20H2,1-4H3. The van der Waals surface area contributed by atoms with Gasteiger partial charge in [-0.1, -0.05) is 91.9 Å². The predicted octanol–water partition coefficient (Wildman–Crippen LogP) is 6.21. The van der Waals surface area contributed by atoms with Crippen LogP contribution in [-0.4, -0.2) is 37.1 Å². The van der Waals surface area contributed by atoms with Crippen molar-refractivity contribution in [1.29, 1.82) is 0 Å². The zero-order valence-corrected chi connectivity index (χ0v) is 17.7. The van der Waals surface area contributed by atoms with Crippen molar-refractivity contribution in [3.63, 3.8) is 0 Å². The molecule has 0 aromatic rings. The molecule has 3 nitrogen and oxygen atoms in total. The molecular formula is C22H45NO2. The maximum Gasteiger partial charge on any atom is 0.320 e. The molecule has 0 saturated heterocycles. The van der Waals surface area contributed by atoms with Crippen LogP contribution in [0.4, 0.5) is 0 Å². The zero-order valence-electron chi connectivity index (χ0n) is 17.7. The number of rotatable bonds is 18. The largest absolute Gasteiger partial charge is 0.464 e. The van der Waals surface area contributed by atoms with Gasteiger partial charge in [-0.2, -0.15) is 0 Å². The van der Waals surface area contributed by atoms with E-state index in [1.54, 1.807) is 0 Å². The van der Waals surface area contributed by atoms with Crippen LogP contribution in [0, 0.1) is 5.92 Å². The first kappa shape index (κ1) is 24.4. The van der Waals surface area contributed by atoms with Crippen molar-refractivity contribution in [2.75, 3.05) is 26.2 Å². The minimum absolute atomic E-state index is 0.0503. The van der Waals surface area contributed by atoms with Crippen molar-refractivity contribution in [3.8, 4) is 0 Å². The molecule has 150 valence electrons. The van der Waals surface area contributed by atoms with Gasteiger partial charge in [-0.3, -0.25) is 9.69 Å². The van der Waals surface area contributed by atoms with E-state index in [0.717, 1.165) is 13.1 Å². The van der Waals surface area contributed by atoms with E-state index in [-0.39, 0.29) is 5.97 Å². The summed E-state index contributed by atoms with van der Waals surface area (Å²) < 4.78 is 5.37. The lowest BCUT2D eigenvalue weighted by Crippen LogP contribution is -2.33. The van der Waals surface area contributed by atoms with Gasteiger partial charge in [-0.05, 0) is 31.8 Å². The highest BCUT2D eigenvalue weighted by Gasteiger charge is 2.12. The number of unbranched alkanes of at least 4 members (excludes halogenated alkanes) is 10. The van der Waals surface area contributed by atoms with Crippen LogP contribution in [0.2, 0.25) is 0 Å². The highest BCUT2D eigenvalue weighted by Crippen LogP contribution is 2.09. The molecule has 0 aliphatic heterocycles. The van der Waals surface area contributed by atoms with Crippen LogP contribution in [0.1, 0.15) is 105 Å². The van der Waals surface area contributed by atoms with Crippen molar-refractivity contribution in [3.05, 3.63) is 0 Å². The van der Waals surface area contributed by atoms with Crippen molar-refractivity contribution in [2.45, 2.75) is 105 Å². The first-order chi connectivity index (χ1) is 12.1. The van der Waals surface area contributed by atoms with E-state index in [1.807, 2.05) is 0 Å². The zero-order chi connectivity index (χ0) is 18.8. The highest BCUT2D eigenvalue weighted by molar-refractivity contribution is 5.71. The van der Waals surface area contributed by atoms with Gasteiger partial charge in [0.25, 0.3) is 0 Å². The SMILES string of the molecule is CCCCCCCCN(CCCCCCCC)CC(=O)OCC(C)C. The summed E-state index contributed by atoms with van der Waals surface area (Å²) in [5.74, 6) is 0.361. The number of nitrogens with zero attached hydrogens (tertiary/aromatic N) is 1. The van der Waals surface area contributed by atoms with E-state index in [1.165, 1.54) is 77.0 Å². The Morgan fingerprint density at radius 1 is 0.760 bits per heavy atom. The van der Waals surface area contributed by atoms with E-state index in [0.29, 0.717) is 19.1 Å². The molecule has 0 N–H and O–H groups in total. The van der Waals surface area contributed by atoms with Gasteiger partial charge in [0.1, 0.15) is 0 Å². The smallest absolute Gasteiger partial charge is 0.320 e. The average Bonchev–Trinajstić information content (AvgIpc) is 2.58. The molecular weight excluding hydrogens is 310 g/mol. The molecule has 0 atom stereocenters. The molecule has 0 aromatic heterocycles. The monoisotopic (exact) mass is 355 g/mol. The fourth-order valence-corrected chi connectivity index (χ4v) is 2.99. The summed E-state index contributed by atoms with van der Waals surface area (Å²) in [6.07, 6.45) is 15.6. The third kappa shape index (κ3) is 18.0. The van der Waals surface area contributed by atoms with Crippen molar-refractivity contribution in [1.82, 2.24) is 4.90 Å². The number of esters is 1. The number of carbonyl (C=O) groups excluding carboxylic acids is 1. The van der Waals surface area contributed by atoms with E-state index in [9.17, 15) is 4.79 Å². The van der Waals surface area contributed by atoms with Crippen molar-refractivity contribution >= 4 is 5.97 Å². The number of carbonyl (C=O) groups is 1. The summed E-state index contributed by atoms with van der Waals surface area (Å²) in [6.45, 7) is 11.8. The molecule has 0 amide bonds. The highest BCUT2D eigenvalue weighted by atomic mass is 16.5. The second-order valence-electron chi connectivity index (χ2n) is 7.89. The lowest BCUT2D eigenvalue weighted by atomic mass is 10.1. The first-order valence-corrected chi connectivity index (χ1v) is 11.0. The van der Waals surface area contributed by atoms with Gasteiger partial charge in [0.05, 0.1) is 13.2 Å². The molecule has 0 aliphatic carbocycles. The lowest BCUT2D eigenvalue weighted by molar-refractivity contribution is -0.146. The molecule has 0 heterocycles. The minimum atomic E-state index is -0.0503. The predicted molar refractivity (Wildman–Crippen MR) is 109 cm³/mol.